The molecule has 39 heavy (non-hydrogen) atoms. The van der Waals surface area contributed by atoms with Gasteiger partial charge in [0.2, 0.25) is 0 Å². The average molecular weight is 562 g/mol. The molecule has 2 aromatic rings. The van der Waals surface area contributed by atoms with Crippen LogP contribution >= 0.6 is 9.24 Å². The van der Waals surface area contributed by atoms with Crippen molar-refractivity contribution in [3.63, 3.8) is 0 Å². The van der Waals surface area contributed by atoms with Crippen LogP contribution in [0.5, 0.6) is 0 Å². The standard InChI is InChI=1S/C29H38F2N3O4P/c30-22-8-6-20(16-38-24-17-37-18-24)25(14-22)26(28(35)36)34-13-10-21(15-34)29(31,39)11-2-1-5-23-9-7-19-4-3-12-32-27(19)33-23/h6-9,14,21,24,26H,1-5,10-13,15-18,39H2,(H,32,33)(H,35,36)/t21-,26?,29?/m1/s1. The summed E-state index contributed by atoms with van der Waals surface area (Å²) in [7, 11) is 2.39. The summed E-state index contributed by atoms with van der Waals surface area (Å²) in [5.41, 5.74) is 3.27. The molecule has 4 heterocycles. The fourth-order valence-corrected chi connectivity index (χ4v) is 6.26. The summed E-state index contributed by atoms with van der Waals surface area (Å²) in [5.74, 6) is -0.919. The lowest BCUT2D eigenvalue weighted by atomic mass is 9.96. The third kappa shape index (κ3) is 6.94. The minimum Gasteiger partial charge on any atom is -0.480 e. The van der Waals surface area contributed by atoms with Gasteiger partial charge in [0.05, 0.1) is 19.8 Å². The molecule has 0 aliphatic carbocycles. The van der Waals surface area contributed by atoms with E-state index in [0.717, 1.165) is 43.7 Å². The summed E-state index contributed by atoms with van der Waals surface area (Å²) in [6, 6.07) is 7.32. The molecule has 7 nitrogen and oxygen atoms in total. The van der Waals surface area contributed by atoms with Crippen molar-refractivity contribution in [3.05, 3.63) is 58.5 Å². The number of unbranched alkanes of at least 4 members (excludes halogenated alkanes) is 1. The molecular weight excluding hydrogens is 523 g/mol. The Labute approximate surface area is 230 Å². The van der Waals surface area contributed by atoms with Gasteiger partial charge >= 0.3 is 5.97 Å². The smallest absolute Gasteiger partial charge is 0.325 e. The first-order chi connectivity index (χ1) is 18.8. The summed E-state index contributed by atoms with van der Waals surface area (Å²) >= 11 is 0. The zero-order valence-corrected chi connectivity index (χ0v) is 23.4. The molecular formula is C29H38F2N3O4P. The number of alkyl halides is 1. The lowest BCUT2D eigenvalue weighted by molar-refractivity contribution is -0.143. The number of aryl methyl sites for hydroxylation is 2. The fourth-order valence-electron chi connectivity index (χ4n) is 5.78. The number of carbonyl (C=O) groups is 1. The molecule has 10 heteroatoms. The van der Waals surface area contributed by atoms with Crippen molar-refractivity contribution in [2.75, 3.05) is 38.2 Å². The Morgan fingerprint density at radius 1 is 1.31 bits per heavy atom. The molecule has 212 valence electrons. The number of likely N-dealkylation sites (tertiary alicyclic amines) is 1. The van der Waals surface area contributed by atoms with Crippen LogP contribution in [0, 0.1) is 11.7 Å². The monoisotopic (exact) mass is 561 g/mol. The highest BCUT2D eigenvalue weighted by molar-refractivity contribution is 7.18. The number of halogens is 2. The van der Waals surface area contributed by atoms with Gasteiger partial charge in [-0.15, -0.1) is 0 Å². The fraction of sp³-hybridized carbons (Fsp3) is 0.586. The van der Waals surface area contributed by atoms with E-state index < -0.39 is 23.2 Å². The van der Waals surface area contributed by atoms with E-state index in [1.54, 1.807) is 11.0 Å². The highest BCUT2D eigenvalue weighted by atomic mass is 31.0. The minimum absolute atomic E-state index is 0.0358. The van der Waals surface area contributed by atoms with Crippen molar-refractivity contribution < 1.29 is 28.2 Å². The lowest BCUT2D eigenvalue weighted by Crippen LogP contribution is -2.37. The Morgan fingerprint density at radius 3 is 2.92 bits per heavy atom. The number of nitrogens with one attached hydrogen (secondary N) is 1. The van der Waals surface area contributed by atoms with Crippen molar-refractivity contribution in [2.45, 2.75) is 69.1 Å². The van der Waals surface area contributed by atoms with Crippen LogP contribution in [0.15, 0.2) is 30.3 Å². The molecule has 3 aliphatic rings. The molecule has 3 unspecified atom stereocenters. The SMILES string of the molecule is O=C(O)C(c1cc(F)ccc1COC1COC1)N1CC[C@@H](C(F)(P)CCCCc2ccc3c(n2)NCCC3)C1. The molecule has 0 amide bonds. The number of carboxylic acids is 1. The number of benzene rings is 1. The van der Waals surface area contributed by atoms with E-state index in [-0.39, 0.29) is 18.6 Å². The van der Waals surface area contributed by atoms with Gasteiger partial charge in [-0.05, 0) is 86.4 Å². The van der Waals surface area contributed by atoms with Crippen LogP contribution in [0.25, 0.3) is 0 Å². The van der Waals surface area contributed by atoms with Crippen molar-refractivity contribution in [3.8, 4) is 0 Å². The van der Waals surface area contributed by atoms with E-state index in [9.17, 15) is 14.3 Å². The lowest BCUT2D eigenvalue weighted by Gasteiger charge is -2.31. The summed E-state index contributed by atoms with van der Waals surface area (Å²) in [6.45, 7) is 2.85. The van der Waals surface area contributed by atoms with Crippen LogP contribution < -0.4 is 5.32 Å². The van der Waals surface area contributed by atoms with Crippen LogP contribution in [0.3, 0.4) is 0 Å². The zero-order valence-electron chi connectivity index (χ0n) is 22.2. The number of ether oxygens (including phenoxy) is 2. The number of pyridine rings is 1. The van der Waals surface area contributed by atoms with Gasteiger partial charge in [0.25, 0.3) is 0 Å². The van der Waals surface area contributed by atoms with Gasteiger partial charge in [0.15, 0.2) is 0 Å². The number of rotatable bonds is 12. The number of nitrogens with zero attached hydrogens (tertiary/aromatic N) is 2. The van der Waals surface area contributed by atoms with Gasteiger partial charge < -0.3 is 19.9 Å². The quantitative estimate of drug-likeness (QED) is 0.282. The number of hydrogen-bond acceptors (Lipinski definition) is 6. The van der Waals surface area contributed by atoms with E-state index in [0.29, 0.717) is 56.7 Å². The molecule has 0 radical (unpaired) electrons. The van der Waals surface area contributed by atoms with Crippen LogP contribution in [0.1, 0.15) is 60.5 Å². The van der Waals surface area contributed by atoms with Crippen LogP contribution in [0.2, 0.25) is 0 Å². The van der Waals surface area contributed by atoms with Gasteiger partial charge in [-0.3, -0.25) is 9.69 Å². The Kier molecular flexibility index (Phi) is 9.12. The van der Waals surface area contributed by atoms with E-state index in [1.807, 2.05) is 0 Å². The Morgan fingerprint density at radius 2 is 2.15 bits per heavy atom. The molecule has 3 aliphatic heterocycles. The minimum atomic E-state index is -1.50. The topological polar surface area (TPSA) is 83.9 Å². The average Bonchev–Trinajstić information content (AvgIpc) is 3.37. The van der Waals surface area contributed by atoms with E-state index in [4.69, 9.17) is 14.5 Å². The molecule has 2 saturated heterocycles. The third-order valence-corrected chi connectivity index (χ3v) is 8.94. The van der Waals surface area contributed by atoms with Gasteiger partial charge in [0, 0.05) is 24.7 Å². The highest BCUT2D eigenvalue weighted by Crippen LogP contribution is 2.43. The molecule has 4 atom stereocenters. The van der Waals surface area contributed by atoms with Crippen LogP contribution in [-0.2, 0) is 33.7 Å². The Hall–Kier alpha value is -2.19. The van der Waals surface area contributed by atoms with Crippen molar-refractivity contribution >= 4 is 21.0 Å². The van der Waals surface area contributed by atoms with Gasteiger partial charge in [0.1, 0.15) is 29.2 Å². The molecule has 2 N–H and O–H groups in total. The van der Waals surface area contributed by atoms with E-state index in [1.165, 1.54) is 17.7 Å². The number of hydrogen-bond donors (Lipinski definition) is 2. The molecule has 5 rings (SSSR count). The number of anilines is 1. The maximum absolute atomic E-state index is 15.9. The molecule has 2 fully saturated rings. The van der Waals surface area contributed by atoms with Crippen LogP contribution in [-0.4, -0.2) is 65.3 Å². The van der Waals surface area contributed by atoms with E-state index >= 15 is 4.39 Å². The van der Waals surface area contributed by atoms with Crippen molar-refractivity contribution in [1.29, 1.82) is 0 Å². The van der Waals surface area contributed by atoms with Crippen LogP contribution in [0.4, 0.5) is 14.6 Å². The Bertz CT molecular complexity index is 1160. The second-order valence-corrected chi connectivity index (χ2v) is 12.0. The second kappa shape index (κ2) is 12.5. The molecule has 0 bridgehead atoms. The normalized spacial score (nSPS) is 22.0. The summed E-state index contributed by atoms with van der Waals surface area (Å²) in [4.78, 5) is 18.9. The maximum Gasteiger partial charge on any atom is 0.325 e. The number of carboxylic acid groups (broad SMARTS) is 1. The third-order valence-electron chi connectivity index (χ3n) is 8.18. The molecule has 1 aromatic heterocycles. The maximum atomic E-state index is 15.9. The highest BCUT2D eigenvalue weighted by Gasteiger charge is 2.43. The second-order valence-electron chi connectivity index (χ2n) is 11.0. The Balaban J connectivity index is 1.17. The van der Waals surface area contributed by atoms with Gasteiger partial charge in [-0.25, -0.2) is 13.8 Å². The predicted molar refractivity (Wildman–Crippen MR) is 148 cm³/mol. The molecule has 0 saturated carbocycles. The summed E-state index contributed by atoms with van der Waals surface area (Å²) in [5, 5.41) is 12.0. The molecule has 1 aromatic carbocycles. The van der Waals surface area contributed by atoms with Gasteiger partial charge in [-0.2, -0.15) is 0 Å². The summed E-state index contributed by atoms with van der Waals surface area (Å²) < 4.78 is 41.0. The predicted octanol–water partition coefficient (Wildman–Crippen LogP) is 4.90. The summed E-state index contributed by atoms with van der Waals surface area (Å²) in [6.07, 6.45) is 5.40. The number of fused-ring (bicyclic) bond motifs is 1. The zero-order chi connectivity index (χ0) is 27.4. The van der Waals surface area contributed by atoms with Crippen molar-refractivity contribution in [2.24, 2.45) is 5.92 Å². The largest absolute Gasteiger partial charge is 0.480 e. The molecule has 0 spiro atoms. The van der Waals surface area contributed by atoms with Gasteiger partial charge in [-0.1, -0.05) is 21.4 Å². The van der Waals surface area contributed by atoms with Crippen molar-refractivity contribution in [1.82, 2.24) is 9.88 Å². The first kappa shape index (κ1) is 28.3. The van der Waals surface area contributed by atoms with E-state index in [2.05, 4.69) is 26.7 Å². The number of aliphatic carboxylic acids is 1. The first-order valence-electron chi connectivity index (χ1n) is 13.9. The first-order valence-corrected chi connectivity index (χ1v) is 14.5. The number of aromatic nitrogens is 1.